The minimum atomic E-state index is -0.613. The van der Waals surface area contributed by atoms with Crippen LogP contribution in [0, 0.1) is 11.3 Å². The first kappa shape index (κ1) is 15.9. The molecule has 1 aromatic carbocycles. The Morgan fingerprint density at radius 1 is 1.16 bits per heavy atom. The number of imidazole rings is 1. The second-order valence-corrected chi connectivity index (χ2v) is 5.06. The van der Waals surface area contributed by atoms with Crippen LogP contribution in [0.1, 0.15) is 26.4 Å². The molecule has 0 saturated carbocycles. The summed E-state index contributed by atoms with van der Waals surface area (Å²) < 4.78 is 0. The van der Waals surface area contributed by atoms with Crippen LogP contribution in [-0.2, 0) is 0 Å². The number of nitrogens with two attached hydrogens (primary N) is 1. The largest absolute Gasteiger partial charge is 0.364 e. The van der Waals surface area contributed by atoms with E-state index in [2.05, 4.69) is 20.3 Å². The number of H-pyrrole nitrogens is 1. The Hall–Kier alpha value is -3.99. The summed E-state index contributed by atoms with van der Waals surface area (Å²) in [6.45, 7) is 0. The van der Waals surface area contributed by atoms with Crippen LogP contribution in [0.15, 0.2) is 48.9 Å². The van der Waals surface area contributed by atoms with Crippen molar-refractivity contribution in [3.63, 3.8) is 0 Å². The van der Waals surface area contributed by atoms with Gasteiger partial charge in [0.05, 0.1) is 18.0 Å². The van der Waals surface area contributed by atoms with E-state index in [1.807, 2.05) is 6.07 Å². The lowest BCUT2D eigenvalue weighted by atomic mass is 10.1. The number of aromatic amines is 1. The molecule has 2 aromatic heterocycles. The molecular formula is C17H12N6O2. The first-order valence-electron chi connectivity index (χ1n) is 7.19. The van der Waals surface area contributed by atoms with Gasteiger partial charge in [0.25, 0.3) is 11.8 Å². The van der Waals surface area contributed by atoms with Gasteiger partial charge in [0.1, 0.15) is 17.2 Å². The highest BCUT2D eigenvalue weighted by Crippen LogP contribution is 2.21. The van der Waals surface area contributed by atoms with Crippen molar-refractivity contribution in [1.29, 1.82) is 5.26 Å². The highest BCUT2D eigenvalue weighted by atomic mass is 16.2. The van der Waals surface area contributed by atoms with Crippen molar-refractivity contribution in [2.75, 3.05) is 5.32 Å². The standard InChI is InChI=1S/C17H12N6O2/c18-8-10-5-6-20-13(7-10)23-17(25)12-3-1-11(2-4-12)14-15(16(19)24)22-9-21-14/h1-7,9H,(H2,19,24)(H,21,22)(H,20,23,25). The van der Waals surface area contributed by atoms with Gasteiger partial charge in [-0.15, -0.1) is 0 Å². The van der Waals surface area contributed by atoms with Gasteiger partial charge in [-0.2, -0.15) is 5.26 Å². The first-order chi connectivity index (χ1) is 12.1. The average Bonchev–Trinajstić information content (AvgIpc) is 3.12. The van der Waals surface area contributed by atoms with Gasteiger partial charge >= 0.3 is 0 Å². The summed E-state index contributed by atoms with van der Waals surface area (Å²) in [5.41, 5.74) is 7.35. The number of carbonyl (C=O) groups excluding carboxylic acids is 2. The number of pyridine rings is 1. The molecule has 0 bridgehead atoms. The summed E-state index contributed by atoms with van der Waals surface area (Å²) in [4.78, 5) is 34.4. The first-order valence-corrected chi connectivity index (χ1v) is 7.19. The summed E-state index contributed by atoms with van der Waals surface area (Å²) in [6, 6.07) is 11.5. The van der Waals surface area contributed by atoms with Crippen molar-refractivity contribution in [2.24, 2.45) is 5.73 Å². The zero-order valence-electron chi connectivity index (χ0n) is 12.9. The van der Waals surface area contributed by atoms with Gasteiger partial charge in [-0.25, -0.2) is 9.97 Å². The number of nitrogens with one attached hydrogen (secondary N) is 2. The van der Waals surface area contributed by atoms with E-state index in [0.29, 0.717) is 22.4 Å². The van der Waals surface area contributed by atoms with E-state index >= 15 is 0 Å². The van der Waals surface area contributed by atoms with Gasteiger partial charge < -0.3 is 16.0 Å². The Balaban J connectivity index is 1.80. The Morgan fingerprint density at radius 3 is 2.60 bits per heavy atom. The number of benzene rings is 1. The molecule has 0 saturated heterocycles. The van der Waals surface area contributed by atoms with Gasteiger partial charge in [-0.05, 0) is 24.3 Å². The van der Waals surface area contributed by atoms with Gasteiger partial charge in [-0.1, -0.05) is 12.1 Å². The quantitative estimate of drug-likeness (QED) is 0.667. The van der Waals surface area contributed by atoms with Crippen LogP contribution in [0.4, 0.5) is 5.82 Å². The SMILES string of the molecule is N#Cc1ccnc(NC(=O)c2ccc(-c3nc[nH]c3C(N)=O)cc2)c1. The maximum atomic E-state index is 12.3. The number of rotatable bonds is 4. The summed E-state index contributed by atoms with van der Waals surface area (Å²) in [5.74, 6) is -0.694. The zero-order valence-corrected chi connectivity index (χ0v) is 12.9. The molecule has 4 N–H and O–H groups in total. The topological polar surface area (TPSA) is 138 Å². The lowest BCUT2D eigenvalue weighted by Gasteiger charge is -2.06. The van der Waals surface area contributed by atoms with Gasteiger partial charge in [0, 0.05) is 17.3 Å². The fourth-order valence-electron chi connectivity index (χ4n) is 2.24. The molecule has 25 heavy (non-hydrogen) atoms. The smallest absolute Gasteiger partial charge is 0.267 e. The monoisotopic (exact) mass is 332 g/mol. The second-order valence-electron chi connectivity index (χ2n) is 5.06. The Morgan fingerprint density at radius 2 is 1.92 bits per heavy atom. The lowest BCUT2D eigenvalue weighted by molar-refractivity contribution is 0.0994. The number of primary amides is 1. The van der Waals surface area contributed by atoms with Crippen LogP contribution in [0.3, 0.4) is 0 Å². The third-order valence-electron chi connectivity index (χ3n) is 3.44. The van der Waals surface area contributed by atoms with Gasteiger partial charge in [0.15, 0.2) is 0 Å². The third kappa shape index (κ3) is 3.35. The summed E-state index contributed by atoms with van der Waals surface area (Å²) in [5, 5.41) is 11.5. The molecule has 2 amide bonds. The van der Waals surface area contributed by atoms with Crippen molar-refractivity contribution in [3.8, 4) is 17.3 Å². The second kappa shape index (κ2) is 6.64. The van der Waals surface area contributed by atoms with Crippen LogP contribution >= 0.6 is 0 Å². The van der Waals surface area contributed by atoms with E-state index in [1.165, 1.54) is 18.6 Å². The van der Waals surface area contributed by atoms with E-state index in [1.54, 1.807) is 30.3 Å². The molecule has 0 unspecified atom stereocenters. The van der Waals surface area contributed by atoms with Crippen molar-refractivity contribution < 1.29 is 9.59 Å². The molecule has 2 heterocycles. The summed E-state index contributed by atoms with van der Waals surface area (Å²) in [7, 11) is 0. The van der Waals surface area contributed by atoms with E-state index in [-0.39, 0.29) is 17.4 Å². The number of amides is 2. The number of hydrogen-bond donors (Lipinski definition) is 3. The number of aromatic nitrogens is 3. The molecule has 0 radical (unpaired) electrons. The summed E-state index contributed by atoms with van der Waals surface area (Å²) >= 11 is 0. The number of hydrogen-bond acceptors (Lipinski definition) is 5. The maximum absolute atomic E-state index is 12.3. The number of nitriles is 1. The van der Waals surface area contributed by atoms with Crippen molar-refractivity contribution >= 4 is 17.6 Å². The number of carbonyl (C=O) groups is 2. The van der Waals surface area contributed by atoms with Crippen LogP contribution in [0.2, 0.25) is 0 Å². The van der Waals surface area contributed by atoms with Gasteiger partial charge in [-0.3, -0.25) is 9.59 Å². The van der Waals surface area contributed by atoms with Crippen LogP contribution in [0.5, 0.6) is 0 Å². The molecule has 0 aliphatic carbocycles. The molecule has 0 spiro atoms. The zero-order chi connectivity index (χ0) is 17.8. The Bertz CT molecular complexity index is 985. The fraction of sp³-hybridized carbons (Fsp3) is 0. The van der Waals surface area contributed by atoms with Crippen LogP contribution in [0.25, 0.3) is 11.3 Å². The van der Waals surface area contributed by atoms with E-state index in [0.717, 1.165) is 0 Å². The molecule has 3 rings (SSSR count). The lowest BCUT2D eigenvalue weighted by Crippen LogP contribution is -2.13. The van der Waals surface area contributed by atoms with E-state index in [9.17, 15) is 9.59 Å². The molecule has 8 heteroatoms. The highest BCUT2D eigenvalue weighted by Gasteiger charge is 2.14. The van der Waals surface area contributed by atoms with Crippen LogP contribution < -0.4 is 11.1 Å². The Kier molecular flexibility index (Phi) is 4.22. The average molecular weight is 332 g/mol. The number of nitrogens with zero attached hydrogens (tertiary/aromatic N) is 3. The minimum Gasteiger partial charge on any atom is -0.364 e. The van der Waals surface area contributed by atoms with Crippen LogP contribution in [-0.4, -0.2) is 26.8 Å². The predicted molar refractivity (Wildman–Crippen MR) is 89.4 cm³/mol. The fourth-order valence-corrected chi connectivity index (χ4v) is 2.24. The minimum absolute atomic E-state index is 0.203. The van der Waals surface area contributed by atoms with E-state index in [4.69, 9.17) is 11.0 Å². The molecule has 8 nitrogen and oxygen atoms in total. The normalized spacial score (nSPS) is 10.0. The van der Waals surface area contributed by atoms with Crippen molar-refractivity contribution in [1.82, 2.24) is 15.0 Å². The van der Waals surface area contributed by atoms with Gasteiger partial charge in [0.2, 0.25) is 0 Å². The number of anilines is 1. The molecule has 0 atom stereocenters. The van der Waals surface area contributed by atoms with E-state index < -0.39 is 5.91 Å². The Labute approximate surface area is 142 Å². The maximum Gasteiger partial charge on any atom is 0.267 e. The predicted octanol–water partition coefficient (Wildman–Crippen LogP) is 1.69. The molecule has 0 aliphatic heterocycles. The molecular weight excluding hydrogens is 320 g/mol. The molecule has 122 valence electrons. The van der Waals surface area contributed by atoms with Crippen molar-refractivity contribution in [3.05, 3.63) is 65.7 Å². The third-order valence-corrected chi connectivity index (χ3v) is 3.44. The molecule has 0 aliphatic rings. The molecule has 3 aromatic rings. The molecule has 0 fully saturated rings. The van der Waals surface area contributed by atoms with Crippen molar-refractivity contribution in [2.45, 2.75) is 0 Å². The highest BCUT2D eigenvalue weighted by molar-refractivity contribution is 6.04. The summed E-state index contributed by atoms with van der Waals surface area (Å²) in [6.07, 6.45) is 2.82.